The first-order chi connectivity index (χ1) is 13.1. The Hall–Kier alpha value is -0.810. The molecule has 9 heteroatoms. The van der Waals surface area contributed by atoms with Crippen molar-refractivity contribution >= 4 is 36.0 Å². The molecule has 29 heavy (non-hydrogen) atoms. The number of amides is 1. The van der Waals surface area contributed by atoms with Crippen molar-refractivity contribution in [2.75, 3.05) is 46.9 Å². The molecule has 1 unspecified atom stereocenters. The van der Waals surface area contributed by atoms with Crippen LogP contribution in [-0.2, 0) is 9.47 Å². The van der Waals surface area contributed by atoms with E-state index in [2.05, 4.69) is 39.7 Å². The van der Waals surface area contributed by atoms with Gasteiger partial charge in [0.05, 0.1) is 12.6 Å². The summed E-state index contributed by atoms with van der Waals surface area (Å²) >= 11 is 0. The first-order valence-corrected chi connectivity index (χ1v) is 10.3. The van der Waals surface area contributed by atoms with Crippen LogP contribution in [0.25, 0.3) is 0 Å². The van der Waals surface area contributed by atoms with Gasteiger partial charge in [-0.2, -0.15) is 0 Å². The molecule has 172 valence electrons. The van der Waals surface area contributed by atoms with Crippen LogP contribution in [0.3, 0.4) is 0 Å². The molecule has 0 radical (unpaired) electrons. The molecule has 0 aromatic rings. The normalized spacial score (nSPS) is 17.4. The van der Waals surface area contributed by atoms with Crippen molar-refractivity contribution in [2.24, 2.45) is 10.9 Å². The lowest BCUT2D eigenvalue weighted by Crippen LogP contribution is -2.53. The van der Waals surface area contributed by atoms with Gasteiger partial charge in [0.25, 0.3) is 0 Å². The molecule has 0 aromatic heterocycles. The molecule has 1 amide bonds. The Kier molecular flexibility index (Phi) is 13.8. The number of guanidine groups is 1. The highest BCUT2D eigenvalue weighted by Gasteiger charge is 2.23. The molecule has 1 saturated heterocycles. The van der Waals surface area contributed by atoms with Crippen LogP contribution in [0.5, 0.6) is 0 Å². The standard InChI is InChI=1S/C20H41N5O3.HI/c1-15(2)17(24-19(26)28-20(3,4)5)14-22-18(21-6)23-16-8-10-25(11-9-16)12-13-27-7;/h15-17H,8-14H2,1-7H3,(H,24,26)(H2,21,22,23);1H. The monoisotopic (exact) mass is 527 g/mol. The second-order valence-electron chi connectivity index (χ2n) is 8.70. The maximum Gasteiger partial charge on any atom is 0.407 e. The van der Waals surface area contributed by atoms with E-state index in [1.807, 2.05) is 20.8 Å². The second kappa shape index (κ2) is 14.2. The maximum absolute atomic E-state index is 12.1. The zero-order valence-corrected chi connectivity index (χ0v) is 21.5. The van der Waals surface area contributed by atoms with E-state index < -0.39 is 5.60 Å². The first kappa shape index (κ1) is 28.2. The Morgan fingerprint density at radius 2 is 1.86 bits per heavy atom. The van der Waals surface area contributed by atoms with Gasteiger partial charge in [-0.25, -0.2) is 4.79 Å². The van der Waals surface area contributed by atoms with Crippen LogP contribution in [0.1, 0.15) is 47.5 Å². The molecule has 3 N–H and O–H groups in total. The Morgan fingerprint density at radius 1 is 1.24 bits per heavy atom. The summed E-state index contributed by atoms with van der Waals surface area (Å²) in [5, 5.41) is 9.81. The van der Waals surface area contributed by atoms with Gasteiger partial charge in [0.2, 0.25) is 0 Å². The molecule has 0 aliphatic carbocycles. The number of ether oxygens (including phenoxy) is 2. The van der Waals surface area contributed by atoms with Crippen LogP contribution < -0.4 is 16.0 Å². The lowest BCUT2D eigenvalue weighted by Gasteiger charge is -2.33. The number of methoxy groups -OCH3 is 1. The molecule has 1 rings (SSSR count). The number of nitrogens with zero attached hydrogens (tertiary/aromatic N) is 2. The minimum atomic E-state index is -0.505. The van der Waals surface area contributed by atoms with Crippen LogP contribution in [0.2, 0.25) is 0 Å². The van der Waals surface area contributed by atoms with Gasteiger partial charge < -0.3 is 30.3 Å². The van der Waals surface area contributed by atoms with E-state index in [-0.39, 0.29) is 42.0 Å². The van der Waals surface area contributed by atoms with Gasteiger partial charge in [-0.15, -0.1) is 24.0 Å². The number of rotatable bonds is 8. The van der Waals surface area contributed by atoms with E-state index in [1.54, 1.807) is 14.2 Å². The molecule has 1 aliphatic rings. The molecule has 0 saturated carbocycles. The molecular weight excluding hydrogens is 485 g/mol. The first-order valence-electron chi connectivity index (χ1n) is 10.3. The Labute approximate surface area is 194 Å². The number of carbonyl (C=O) groups is 1. The van der Waals surface area contributed by atoms with E-state index in [0.29, 0.717) is 12.6 Å². The second-order valence-corrected chi connectivity index (χ2v) is 8.70. The lowest BCUT2D eigenvalue weighted by molar-refractivity contribution is 0.0491. The predicted octanol–water partition coefficient (Wildman–Crippen LogP) is 2.43. The highest BCUT2D eigenvalue weighted by Crippen LogP contribution is 2.10. The Balaban J connectivity index is 0.00000784. The quantitative estimate of drug-likeness (QED) is 0.256. The largest absolute Gasteiger partial charge is 0.444 e. The molecule has 8 nitrogen and oxygen atoms in total. The van der Waals surface area contributed by atoms with Crippen molar-refractivity contribution in [2.45, 2.75) is 65.1 Å². The topological polar surface area (TPSA) is 87.2 Å². The summed E-state index contributed by atoms with van der Waals surface area (Å²) in [4.78, 5) is 18.9. The molecule has 1 aliphatic heterocycles. The number of aliphatic imine (C=N–C) groups is 1. The number of carbonyl (C=O) groups excluding carboxylic acids is 1. The van der Waals surface area contributed by atoms with Crippen LogP contribution in [-0.4, -0.2) is 81.6 Å². The summed E-state index contributed by atoms with van der Waals surface area (Å²) in [7, 11) is 3.51. The van der Waals surface area contributed by atoms with Gasteiger partial charge in [0.1, 0.15) is 5.60 Å². The van der Waals surface area contributed by atoms with E-state index in [9.17, 15) is 4.79 Å². The fraction of sp³-hybridized carbons (Fsp3) is 0.900. The van der Waals surface area contributed by atoms with Crippen molar-refractivity contribution in [1.29, 1.82) is 0 Å². The van der Waals surface area contributed by atoms with Crippen molar-refractivity contribution < 1.29 is 14.3 Å². The summed E-state index contributed by atoms with van der Waals surface area (Å²) in [6, 6.07) is 0.352. The van der Waals surface area contributed by atoms with Gasteiger partial charge in [-0.05, 0) is 39.5 Å². The number of hydrogen-bond acceptors (Lipinski definition) is 5. The van der Waals surface area contributed by atoms with E-state index in [1.165, 1.54) is 0 Å². The van der Waals surface area contributed by atoms with Crippen molar-refractivity contribution in [3.63, 3.8) is 0 Å². The van der Waals surface area contributed by atoms with Crippen LogP contribution in [0, 0.1) is 5.92 Å². The molecule has 1 heterocycles. The van der Waals surface area contributed by atoms with Gasteiger partial charge in [-0.3, -0.25) is 4.99 Å². The van der Waals surface area contributed by atoms with Crippen molar-refractivity contribution in [1.82, 2.24) is 20.9 Å². The average molecular weight is 527 g/mol. The third kappa shape index (κ3) is 12.5. The van der Waals surface area contributed by atoms with Crippen LogP contribution >= 0.6 is 24.0 Å². The number of likely N-dealkylation sites (tertiary alicyclic amines) is 1. The Bertz CT molecular complexity index is 489. The molecule has 0 spiro atoms. The number of alkyl carbamates (subject to hydrolysis) is 1. The summed E-state index contributed by atoms with van der Waals surface area (Å²) in [5.74, 6) is 1.04. The van der Waals surface area contributed by atoms with E-state index >= 15 is 0 Å². The third-order valence-electron chi connectivity index (χ3n) is 4.76. The highest BCUT2D eigenvalue weighted by atomic mass is 127. The molecular formula is C20H42IN5O3. The summed E-state index contributed by atoms with van der Waals surface area (Å²) in [6.45, 7) is 14.2. The molecule has 1 fully saturated rings. The van der Waals surface area contributed by atoms with Gasteiger partial charge >= 0.3 is 6.09 Å². The lowest BCUT2D eigenvalue weighted by atomic mass is 10.0. The van der Waals surface area contributed by atoms with Crippen LogP contribution in [0.15, 0.2) is 4.99 Å². The van der Waals surface area contributed by atoms with Crippen LogP contribution in [0.4, 0.5) is 4.79 Å². The van der Waals surface area contributed by atoms with E-state index in [0.717, 1.165) is 45.0 Å². The number of halogens is 1. The van der Waals surface area contributed by atoms with Crippen molar-refractivity contribution in [3.8, 4) is 0 Å². The fourth-order valence-corrected chi connectivity index (χ4v) is 3.03. The van der Waals surface area contributed by atoms with Gasteiger partial charge in [0, 0.05) is 46.4 Å². The SMILES string of the molecule is CN=C(NCC(NC(=O)OC(C)(C)C)C(C)C)NC1CCN(CCOC)CC1.I. The number of piperidine rings is 1. The minimum absolute atomic E-state index is 0. The van der Waals surface area contributed by atoms with E-state index in [4.69, 9.17) is 9.47 Å². The molecule has 0 aromatic carbocycles. The number of nitrogens with one attached hydrogen (secondary N) is 3. The minimum Gasteiger partial charge on any atom is -0.444 e. The maximum atomic E-state index is 12.1. The zero-order valence-electron chi connectivity index (χ0n) is 19.2. The number of hydrogen-bond donors (Lipinski definition) is 3. The van der Waals surface area contributed by atoms with Gasteiger partial charge in [0.15, 0.2) is 5.96 Å². The Morgan fingerprint density at radius 3 is 2.34 bits per heavy atom. The van der Waals surface area contributed by atoms with Gasteiger partial charge in [-0.1, -0.05) is 13.8 Å². The summed E-state index contributed by atoms with van der Waals surface area (Å²) in [5.41, 5.74) is -0.505. The average Bonchev–Trinajstić information content (AvgIpc) is 2.61. The fourth-order valence-electron chi connectivity index (χ4n) is 3.03. The summed E-state index contributed by atoms with van der Waals surface area (Å²) in [6.07, 6.45) is 1.77. The molecule has 1 atom stereocenters. The van der Waals surface area contributed by atoms with Crippen molar-refractivity contribution in [3.05, 3.63) is 0 Å². The third-order valence-corrected chi connectivity index (χ3v) is 4.76. The zero-order chi connectivity index (χ0) is 21.2. The summed E-state index contributed by atoms with van der Waals surface area (Å²) < 4.78 is 10.5. The predicted molar refractivity (Wildman–Crippen MR) is 129 cm³/mol. The molecule has 0 bridgehead atoms. The highest BCUT2D eigenvalue weighted by molar-refractivity contribution is 14.0. The smallest absolute Gasteiger partial charge is 0.407 e.